The number of halogens is 1. The number of piperazine rings is 1. The first-order chi connectivity index (χ1) is 13.0. The number of para-hydroxylation sites is 2. The zero-order chi connectivity index (χ0) is 19.3. The van der Waals surface area contributed by atoms with Crippen LogP contribution in [0.3, 0.4) is 0 Å². The fourth-order valence-corrected chi connectivity index (χ4v) is 4.16. The molecule has 1 fully saturated rings. The molecule has 2 aromatic carbocycles. The predicted octanol–water partition coefficient (Wildman–Crippen LogP) is 1.93. The van der Waals surface area contributed by atoms with Crippen LogP contribution in [0.2, 0.25) is 0 Å². The van der Waals surface area contributed by atoms with Gasteiger partial charge in [-0.15, -0.1) is 0 Å². The van der Waals surface area contributed by atoms with Gasteiger partial charge in [-0.25, -0.2) is 17.5 Å². The van der Waals surface area contributed by atoms with Gasteiger partial charge in [-0.2, -0.15) is 0 Å². The van der Waals surface area contributed by atoms with Crippen LogP contribution in [0.25, 0.3) is 0 Å². The Morgan fingerprint density at radius 3 is 2.37 bits per heavy atom. The number of anilines is 1. The van der Waals surface area contributed by atoms with Gasteiger partial charge in [-0.3, -0.25) is 4.90 Å². The van der Waals surface area contributed by atoms with Gasteiger partial charge in [0.2, 0.25) is 10.0 Å². The van der Waals surface area contributed by atoms with Gasteiger partial charge in [0.05, 0.1) is 17.7 Å². The molecular formula is C19H24FN3O3S. The standard InChI is InChI=1S/C19H24FN3O3S/c1-26-19-5-3-2-4-18(19)23-14-12-22(13-15-23)11-10-21-27(24,25)17-8-6-16(20)7-9-17/h2-9,21H,10-15H2,1H3. The maximum Gasteiger partial charge on any atom is 0.240 e. The van der Waals surface area contributed by atoms with E-state index in [1.54, 1.807) is 7.11 Å². The number of nitrogens with one attached hydrogen (secondary N) is 1. The summed E-state index contributed by atoms with van der Waals surface area (Å²) in [7, 11) is -1.94. The minimum absolute atomic E-state index is 0.0740. The molecule has 0 aliphatic carbocycles. The van der Waals surface area contributed by atoms with Crippen molar-refractivity contribution in [3.63, 3.8) is 0 Å². The van der Waals surface area contributed by atoms with Crippen LogP contribution >= 0.6 is 0 Å². The van der Waals surface area contributed by atoms with E-state index < -0.39 is 15.8 Å². The first kappa shape index (κ1) is 19.6. The topological polar surface area (TPSA) is 61.9 Å². The van der Waals surface area contributed by atoms with Crippen molar-refractivity contribution in [1.29, 1.82) is 0 Å². The number of methoxy groups -OCH3 is 1. The molecular weight excluding hydrogens is 369 g/mol. The third-order valence-corrected chi connectivity index (χ3v) is 6.12. The van der Waals surface area contributed by atoms with Crippen LogP contribution in [0.15, 0.2) is 53.4 Å². The minimum atomic E-state index is -3.61. The number of ether oxygens (including phenoxy) is 1. The van der Waals surface area contributed by atoms with Gasteiger partial charge in [0.15, 0.2) is 0 Å². The van der Waals surface area contributed by atoms with Crippen molar-refractivity contribution in [1.82, 2.24) is 9.62 Å². The summed E-state index contributed by atoms with van der Waals surface area (Å²) in [6.45, 7) is 4.33. The van der Waals surface area contributed by atoms with Crippen LogP contribution in [0, 0.1) is 5.82 Å². The molecule has 0 aromatic heterocycles. The molecule has 1 heterocycles. The van der Waals surface area contributed by atoms with Crippen molar-refractivity contribution in [3.05, 3.63) is 54.3 Å². The summed E-state index contributed by atoms with van der Waals surface area (Å²) in [5.41, 5.74) is 1.08. The lowest BCUT2D eigenvalue weighted by Crippen LogP contribution is -2.48. The van der Waals surface area contributed by atoms with Gasteiger partial charge in [0.1, 0.15) is 11.6 Å². The summed E-state index contributed by atoms with van der Waals surface area (Å²) in [6.07, 6.45) is 0. The molecule has 27 heavy (non-hydrogen) atoms. The van der Waals surface area contributed by atoms with Crippen LogP contribution in [-0.4, -0.2) is 59.7 Å². The summed E-state index contributed by atoms with van der Waals surface area (Å²) in [4.78, 5) is 4.57. The van der Waals surface area contributed by atoms with E-state index >= 15 is 0 Å². The first-order valence-corrected chi connectivity index (χ1v) is 10.3. The van der Waals surface area contributed by atoms with Crippen LogP contribution < -0.4 is 14.4 Å². The van der Waals surface area contributed by atoms with E-state index in [4.69, 9.17) is 4.74 Å². The summed E-state index contributed by atoms with van der Waals surface area (Å²) in [6, 6.07) is 12.8. The van der Waals surface area contributed by atoms with Crippen LogP contribution in [0.5, 0.6) is 5.75 Å². The Balaban J connectivity index is 1.48. The molecule has 8 heteroatoms. The van der Waals surface area contributed by atoms with Crippen molar-refractivity contribution in [3.8, 4) is 5.75 Å². The van der Waals surface area contributed by atoms with Crippen LogP contribution in [0.1, 0.15) is 0 Å². The Morgan fingerprint density at radius 1 is 1.04 bits per heavy atom. The predicted molar refractivity (Wildman–Crippen MR) is 103 cm³/mol. The summed E-state index contributed by atoms with van der Waals surface area (Å²) >= 11 is 0. The molecule has 1 aliphatic rings. The zero-order valence-electron chi connectivity index (χ0n) is 15.3. The Hall–Kier alpha value is -2.16. The van der Waals surface area contributed by atoms with Crippen molar-refractivity contribution in [2.24, 2.45) is 0 Å². The van der Waals surface area contributed by atoms with Gasteiger partial charge >= 0.3 is 0 Å². The second-order valence-corrected chi connectivity index (χ2v) is 8.12. The monoisotopic (exact) mass is 393 g/mol. The first-order valence-electron chi connectivity index (χ1n) is 8.85. The largest absolute Gasteiger partial charge is 0.495 e. The molecule has 3 rings (SSSR count). The van der Waals surface area contributed by atoms with E-state index in [9.17, 15) is 12.8 Å². The molecule has 1 N–H and O–H groups in total. The lowest BCUT2D eigenvalue weighted by atomic mass is 10.2. The van der Waals surface area contributed by atoms with E-state index in [0.717, 1.165) is 49.7 Å². The van der Waals surface area contributed by atoms with Gasteiger partial charge in [0.25, 0.3) is 0 Å². The fraction of sp³-hybridized carbons (Fsp3) is 0.368. The maximum atomic E-state index is 12.9. The van der Waals surface area contributed by atoms with E-state index in [0.29, 0.717) is 13.1 Å². The summed E-state index contributed by atoms with van der Waals surface area (Å²) in [5.74, 6) is 0.403. The van der Waals surface area contributed by atoms with Crippen LogP contribution in [-0.2, 0) is 10.0 Å². The molecule has 1 saturated heterocycles. The third kappa shape index (κ3) is 4.97. The highest BCUT2D eigenvalue weighted by Gasteiger charge is 2.20. The normalized spacial score (nSPS) is 15.7. The Bertz CT molecular complexity index is 851. The van der Waals surface area contributed by atoms with E-state index in [-0.39, 0.29) is 4.90 Å². The van der Waals surface area contributed by atoms with Gasteiger partial charge in [0, 0.05) is 39.3 Å². The lowest BCUT2D eigenvalue weighted by Gasteiger charge is -2.36. The molecule has 0 atom stereocenters. The number of hydrogen-bond donors (Lipinski definition) is 1. The van der Waals surface area contributed by atoms with Crippen molar-refractivity contribution in [2.75, 3.05) is 51.3 Å². The van der Waals surface area contributed by atoms with Gasteiger partial charge in [-0.05, 0) is 36.4 Å². The number of rotatable bonds is 7. The molecule has 0 amide bonds. The average molecular weight is 393 g/mol. The second-order valence-electron chi connectivity index (χ2n) is 6.35. The average Bonchev–Trinajstić information content (AvgIpc) is 2.69. The van der Waals surface area contributed by atoms with E-state index in [1.165, 1.54) is 12.1 Å². The zero-order valence-corrected chi connectivity index (χ0v) is 16.1. The third-order valence-electron chi connectivity index (χ3n) is 4.64. The number of nitrogens with zero attached hydrogens (tertiary/aromatic N) is 2. The van der Waals surface area contributed by atoms with Gasteiger partial charge in [-0.1, -0.05) is 12.1 Å². The molecule has 0 spiro atoms. The summed E-state index contributed by atoms with van der Waals surface area (Å²) < 4.78 is 45.4. The van der Waals surface area contributed by atoms with Crippen molar-refractivity contribution in [2.45, 2.75) is 4.90 Å². The Labute approximate surface area is 159 Å². The molecule has 146 valence electrons. The highest BCUT2D eigenvalue weighted by atomic mass is 32.2. The molecule has 0 unspecified atom stereocenters. The van der Waals surface area contributed by atoms with Gasteiger partial charge < -0.3 is 9.64 Å². The SMILES string of the molecule is COc1ccccc1N1CCN(CCNS(=O)(=O)c2ccc(F)cc2)CC1. The molecule has 1 aliphatic heterocycles. The molecule has 0 saturated carbocycles. The highest BCUT2D eigenvalue weighted by Crippen LogP contribution is 2.28. The molecule has 0 radical (unpaired) electrons. The quantitative estimate of drug-likeness (QED) is 0.779. The van der Waals surface area contributed by atoms with E-state index in [2.05, 4.69) is 14.5 Å². The minimum Gasteiger partial charge on any atom is -0.495 e. The summed E-state index contributed by atoms with van der Waals surface area (Å²) in [5, 5.41) is 0. The maximum absolute atomic E-state index is 12.9. The fourth-order valence-electron chi connectivity index (χ4n) is 3.14. The highest BCUT2D eigenvalue weighted by molar-refractivity contribution is 7.89. The number of hydrogen-bond acceptors (Lipinski definition) is 5. The van der Waals surface area contributed by atoms with Crippen molar-refractivity contribution < 1.29 is 17.5 Å². The number of sulfonamides is 1. The smallest absolute Gasteiger partial charge is 0.240 e. The van der Waals surface area contributed by atoms with E-state index in [1.807, 2.05) is 24.3 Å². The number of benzene rings is 2. The van der Waals surface area contributed by atoms with Crippen LogP contribution in [0.4, 0.5) is 10.1 Å². The Kier molecular flexibility index (Phi) is 6.30. The molecule has 0 bridgehead atoms. The lowest BCUT2D eigenvalue weighted by molar-refractivity contribution is 0.261. The second kappa shape index (κ2) is 8.69. The molecule has 2 aromatic rings. The Morgan fingerprint density at radius 2 is 1.70 bits per heavy atom. The molecule has 6 nitrogen and oxygen atoms in total. The van der Waals surface area contributed by atoms with Crippen molar-refractivity contribution >= 4 is 15.7 Å².